The lowest BCUT2D eigenvalue weighted by Gasteiger charge is -2.17. The van der Waals surface area contributed by atoms with E-state index in [2.05, 4.69) is 47.8 Å². The predicted octanol–water partition coefficient (Wildman–Crippen LogP) is 4.22. The van der Waals surface area contributed by atoms with E-state index in [1.54, 1.807) is 15.8 Å². The molecule has 0 N–H and O–H groups in total. The van der Waals surface area contributed by atoms with Crippen molar-refractivity contribution in [2.24, 2.45) is 7.05 Å². The summed E-state index contributed by atoms with van der Waals surface area (Å²) in [5.41, 5.74) is 6.19. The van der Waals surface area contributed by atoms with E-state index >= 15 is 0 Å². The van der Waals surface area contributed by atoms with Gasteiger partial charge in [-0.05, 0) is 43.5 Å². The first-order chi connectivity index (χ1) is 12.8. The van der Waals surface area contributed by atoms with Gasteiger partial charge in [-0.25, -0.2) is 0 Å². The minimum Gasteiger partial charge on any atom is -0.337 e. The Morgan fingerprint density at radius 1 is 1.22 bits per heavy atom. The lowest BCUT2D eigenvalue weighted by atomic mass is 10.0. The standard InChI is InChI=1S/C22H28N4O/c1-15(2)19-8-7-9-20(11-19)26-16(3)10-21(17(26)4)22(27)24(5)13-18-12-23-25(6)14-18/h7-12,14-15H,13H2,1-6H3. The number of aryl methyl sites for hydroxylation is 2. The van der Waals surface area contributed by atoms with Crippen LogP contribution >= 0.6 is 0 Å². The van der Waals surface area contributed by atoms with Gasteiger partial charge in [0.2, 0.25) is 0 Å². The van der Waals surface area contributed by atoms with Crippen molar-refractivity contribution in [1.29, 1.82) is 0 Å². The second-order valence-electron chi connectivity index (χ2n) is 7.55. The monoisotopic (exact) mass is 364 g/mol. The summed E-state index contributed by atoms with van der Waals surface area (Å²) in [7, 11) is 3.71. The average Bonchev–Trinajstić information content (AvgIpc) is 3.16. The molecule has 0 bridgehead atoms. The number of benzene rings is 1. The third kappa shape index (κ3) is 3.82. The molecule has 0 aliphatic rings. The largest absolute Gasteiger partial charge is 0.337 e. The summed E-state index contributed by atoms with van der Waals surface area (Å²) in [6, 6.07) is 10.5. The summed E-state index contributed by atoms with van der Waals surface area (Å²) in [6.45, 7) is 8.99. The molecule has 27 heavy (non-hydrogen) atoms. The second kappa shape index (κ2) is 7.43. The van der Waals surface area contributed by atoms with Crippen LogP contribution in [0.3, 0.4) is 0 Å². The molecule has 1 amide bonds. The fourth-order valence-electron chi connectivity index (χ4n) is 3.50. The first-order valence-corrected chi connectivity index (χ1v) is 9.30. The van der Waals surface area contributed by atoms with E-state index < -0.39 is 0 Å². The first kappa shape index (κ1) is 19.0. The van der Waals surface area contributed by atoms with Crippen molar-refractivity contribution in [3.63, 3.8) is 0 Å². The molecule has 5 nitrogen and oxygen atoms in total. The molecule has 0 spiro atoms. The molecule has 0 atom stereocenters. The van der Waals surface area contributed by atoms with E-state index in [0.717, 1.165) is 28.2 Å². The molecule has 1 aromatic carbocycles. The molecule has 2 aromatic heterocycles. The van der Waals surface area contributed by atoms with E-state index in [1.807, 2.05) is 40.2 Å². The molecule has 142 valence electrons. The summed E-state index contributed by atoms with van der Waals surface area (Å²) >= 11 is 0. The normalized spacial score (nSPS) is 11.2. The summed E-state index contributed by atoms with van der Waals surface area (Å²) in [4.78, 5) is 14.8. The number of hydrogen-bond acceptors (Lipinski definition) is 2. The number of hydrogen-bond donors (Lipinski definition) is 0. The molecule has 3 aromatic rings. The molecule has 5 heteroatoms. The predicted molar refractivity (Wildman–Crippen MR) is 108 cm³/mol. The molecule has 0 radical (unpaired) electrons. The van der Waals surface area contributed by atoms with Crippen molar-refractivity contribution in [2.45, 2.75) is 40.2 Å². The highest BCUT2D eigenvalue weighted by Crippen LogP contribution is 2.25. The zero-order chi connectivity index (χ0) is 19.7. The van der Waals surface area contributed by atoms with Crippen LogP contribution < -0.4 is 0 Å². The highest BCUT2D eigenvalue weighted by Gasteiger charge is 2.20. The van der Waals surface area contributed by atoms with Gasteiger partial charge in [0.25, 0.3) is 5.91 Å². The number of carbonyl (C=O) groups excluding carboxylic acids is 1. The SMILES string of the molecule is Cc1cc(C(=O)N(C)Cc2cnn(C)c2)c(C)n1-c1cccc(C(C)C)c1. The van der Waals surface area contributed by atoms with Gasteiger partial charge in [0.1, 0.15) is 0 Å². The van der Waals surface area contributed by atoms with Crippen LogP contribution in [0.15, 0.2) is 42.7 Å². The topological polar surface area (TPSA) is 43.1 Å². The molecule has 0 saturated heterocycles. The Bertz CT molecular complexity index is 965. The Kier molecular flexibility index (Phi) is 5.22. The van der Waals surface area contributed by atoms with E-state index in [9.17, 15) is 4.79 Å². The van der Waals surface area contributed by atoms with Crippen molar-refractivity contribution >= 4 is 5.91 Å². The van der Waals surface area contributed by atoms with Crippen LogP contribution in [0.2, 0.25) is 0 Å². The van der Waals surface area contributed by atoms with E-state index in [4.69, 9.17) is 0 Å². The van der Waals surface area contributed by atoms with Crippen LogP contribution in [0.1, 0.15) is 52.6 Å². The Morgan fingerprint density at radius 3 is 2.59 bits per heavy atom. The van der Waals surface area contributed by atoms with Gasteiger partial charge in [0.15, 0.2) is 0 Å². The van der Waals surface area contributed by atoms with Crippen LogP contribution in [0.25, 0.3) is 5.69 Å². The van der Waals surface area contributed by atoms with Gasteiger partial charge in [0.05, 0.1) is 11.8 Å². The van der Waals surface area contributed by atoms with E-state index in [0.29, 0.717) is 12.5 Å². The van der Waals surface area contributed by atoms with Crippen LogP contribution in [-0.4, -0.2) is 32.2 Å². The molecule has 0 aliphatic carbocycles. The smallest absolute Gasteiger partial charge is 0.255 e. The third-order valence-corrected chi connectivity index (χ3v) is 4.98. The fourth-order valence-corrected chi connectivity index (χ4v) is 3.50. The summed E-state index contributed by atoms with van der Waals surface area (Å²) in [5.74, 6) is 0.492. The molecule has 0 fully saturated rings. The number of carbonyl (C=O) groups is 1. The Hall–Kier alpha value is -2.82. The Balaban J connectivity index is 1.91. The maximum Gasteiger partial charge on any atom is 0.255 e. The van der Waals surface area contributed by atoms with Crippen LogP contribution in [0.4, 0.5) is 0 Å². The van der Waals surface area contributed by atoms with Crippen molar-refractivity contribution < 1.29 is 4.79 Å². The molecule has 2 heterocycles. The van der Waals surface area contributed by atoms with Crippen LogP contribution in [0.5, 0.6) is 0 Å². The van der Waals surface area contributed by atoms with Gasteiger partial charge in [-0.3, -0.25) is 9.48 Å². The van der Waals surface area contributed by atoms with Crippen molar-refractivity contribution in [3.05, 3.63) is 70.8 Å². The quantitative estimate of drug-likeness (QED) is 0.680. The highest BCUT2D eigenvalue weighted by molar-refractivity contribution is 5.95. The highest BCUT2D eigenvalue weighted by atomic mass is 16.2. The van der Waals surface area contributed by atoms with Crippen LogP contribution in [-0.2, 0) is 13.6 Å². The maximum atomic E-state index is 13.0. The lowest BCUT2D eigenvalue weighted by Crippen LogP contribution is -2.26. The van der Waals surface area contributed by atoms with Gasteiger partial charge >= 0.3 is 0 Å². The number of amides is 1. The third-order valence-electron chi connectivity index (χ3n) is 4.98. The van der Waals surface area contributed by atoms with E-state index in [-0.39, 0.29) is 5.91 Å². The van der Waals surface area contributed by atoms with E-state index in [1.165, 1.54) is 5.56 Å². The fraction of sp³-hybridized carbons (Fsp3) is 0.364. The number of rotatable bonds is 5. The molecular formula is C22H28N4O. The van der Waals surface area contributed by atoms with Crippen LogP contribution in [0, 0.1) is 13.8 Å². The van der Waals surface area contributed by atoms with Gasteiger partial charge in [-0.15, -0.1) is 0 Å². The average molecular weight is 364 g/mol. The number of aromatic nitrogens is 3. The summed E-state index contributed by atoms with van der Waals surface area (Å²) in [5, 5.41) is 4.17. The second-order valence-corrected chi connectivity index (χ2v) is 7.55. The van der Waals surface area contributed by atoms with Gasteiger partial charge < -0.3 is 9.47 Å². The first-order valence-electron chi connectivity index (χ1n) is 9.30. The van der Waals surface area contributed by atoms with Gasteiger partial charge in [-0.1, -0.05) is 26.0 Å². The zero-order valence-electron chi connectivity index (χ0n) is 17.0. The molecule has 0 unspecified atom stereocenters. The summed E-state index contributed by atoms with van der Waals surface area (Å²) in [6.07, 6.45) is 3.73. The number of nitrogens with zero attached hydrogens (tertiary/aromatic N) is 4. The lowest BCUT2D eigenvalue weighted by molar-refractivity contribution is 0.0784. The van der Waals surface area contributed by atoms with Crippen molar-refractivity contribution in [1.82, 2.24) is 19.2 Å². The molecule has 0 saturated carbocycles. The molecule has 3 rings (SSSR count). The zero-order valence-corrected chi connectivity index (χ0v) is 17.0. The Labute approximate surface area is 161 Å². The Morgan fingerprint density at radius 2 is 1.96 bits per heavy atom. The molecular weight excluding hydrogens is 336 g/mol. The van der Waals surface area contributed by atoms with Crippen molar-refractivity contribution in [3.8, 4) is 5.69 Å². The summed E-state index contributed by atoms with van der Waals surface area (Å²) < 4.78 is 3.91. The minimum absolute atomic E-state index is 0.0261. The maximum absolute atomic E-state index is 13.0. The van der Waals surface area contributed by atoms with Gasteiger partial charge in [-0.2, -0.15) is 5.10 Å². The molecule has 0 aliphatic heterocycles. The minimum atomic E-state index is 0.0261. The van der Waals surface area contributed by atoms with Gasteiger partial charge in [0, 0.05) is 49.5 Å². The van der Waals surface area contributed by atoms with Crippen molar-refractivity contribution in [2.75, 3.05) is 7.05 Å².